The summed E-state index contributed by atoms with van der Waals surface area (Å²) < 4.78 is 6.49. The van der Waals surface area contributed by atoms with Crippen LogP contribution in [0.15, 0.2) is 24.3 Å². The maximum absolute atomic E-state index is 6.49. The third-order valence-electron chi connectivity index (χ3n) is 4.30. The summed E-state index contributed by atoms with van der Waals surface area (Å²) in [4.78, 5) is 0. The summed E-state index contributed by atoms with van der Waals surface area (Å²) in [6.07, 6.45) is 3.19. The van der Waals surface area contributed by atoms with Gasteiger partial charge in [0.15, 0.2) is 0 Å². The molecular formula is C15H21NO. The summed E-state index contributed by atoms with van der Waals surface area (Å²) in [6.45, 7) is 6.39. The van der Waals surface area contributed by atoms with Crippen molar-refractivity contribution in [3.63, 3.8) is 0 Å². The van der Waals surface area contributed by atoms with E-state index in [1.165, 1.54) is 11.1 Å². The molecule has 3 rings (SSSR count). The van der Waals surface area contributed by atoms with Crippen LogP contribution in [-0.2, 0) is 17.6 Å². The molecule has 1 aliphatic heterocycles. The monoisotopic (exact) mass is 231 g/mol. The molecule has 1 aromatic carbocycles. The van der Waals surface area contributed by atoms with Gasteiger partial charge in [-0.1, -0.05) is 31.2 Å². The second-order valence-corrected chi connectivity index (χ2v) is 5.81. The van der Waals surface area contributed by atoms with Gasteiger partial charge in [0, 0.05) is 25.9 Å². The van der Waals surface area contributed by atoms with Gasteiger partial charge in [-0.25, -0.2) is 0 Å². The fourth-order valence-electron chi connectivity index (χ4n) is 3.20. The summed E-state index contributed by atoms with van der Waals surface area (Å²) in [5.41, 5.74) is 2.94. The standard InChI is InChI=1S/C15H21NO/c1-3-14(2)10-16-11-15(17-14)8-12-6-4-5-7-13(12)9-15/h4-7,16H,3,8-11H2,1-2H3. The minimum Gasteiger partial charge on any atom is -0.366 e. The second-order valence-electron chi connectivity index (χ2n) is 5.81. The second kappa shape index (κ2) is 3.82. The lowest BCUT2D eigenvalue weighted by atomic mass is 9.92. The Morgan fingerprint density at radius 2 is 1.82 bits per heavy atom. The Morgan fingerprint density at radius 3 is 2.41 bits per heavy atom. The minimum atomic E-state index is 0.000291. The van der Waals surface area contributed by atoms with Crippen LogP contribution in [0.4, 0.5) is 0 Å². The zero-order chi connectivity index (χ0) is 11.9. The van der Waals surface area contributed by atoms with Gasteiger partial charge in [-0.15, -0.1) is 0 Å². The lowest BCUT2D eigenvalue weighted by Crippen LogP contribution is -2.59. The number of fused-ring (bicyclic) bond motifs is 1. The summed E-state index contributed by atoms with van der Waals surface area (Å²) in [5, 5.41) is 3.57. The molecule has 17 heavy (non-hydrogen) atoms. The van der Waals surface area contributed by atoms with E-state index < -0.39 is 0 Å². The van der Waals surface area contributed by atoms with Gasteiger partial charge in [-0.05, 0) is 24.5 Å². The average molecular weight is 231 g/mol. The summed E-state index contributed by atoms with van der Waals surface area (Å²) in [7, 11) is 0. The van der Waals surface area contributed by atoms with Crippen LogP contribution in [0.25, 0.3) is 0 Å². The van der Waals surface area contributed by atoms with Gasteiger partial charge in [0.1, 0.15) is 0 Å². The Morgan fingerprint density at radius 1 is 1.18 bits per heavy atom. The Bertz CT molecular complexity index is 404. The highest BCUT2D eigenvalue weighted by Crippen LogP contribution is 2.38. The molecule has 1 aliphatic carbocycles. The van der Waals surface area contributed by atoms with Crippen LogP contribution in [0, 0.1) is 0 Å². The van der Waals surface area contributed by atoms with Crippen molar-refractivity contribution >= 4 is 0 Å². The van der Waals surface area contributed by atoms with Crippen LogP contribution in [-0.4, -0.2) is 24.3 Å². The van der Waals surface area contributed by atoms with Crippen molar-refractivity contribution in [2.24, 2.45) is 0 Å². The quantitative estimate of drug-likeness (QED) is 0.801. The number of hydrogen-bond donors (Lipinski definition) is 1. The van der Waals surface area contributed by atoms with Gasteiger partial charge in [-0.2, -0.15) is 0 Å². The maximum atomic E-state index is 6.49. The number of nitrogens with one attached hydrogen (secondary N) is 1. The van der Waals surface area contributed by atoms with Crippen molar-refractivity contribution < 1.29 is 4.74 Å². The predicted octanol–water partition coefficient (Wildman–Crippen LogP) is 2.31. The first-order chi connectivity index (χ1) is 8.15. The Hall–Kier alpha value is -0.860. The molecular weight excluding hydrogens is 210 g/mol. The lowest BCUT2D eigenvalue weighted by Gasteiger charge is -2.45. The third-order valence-corrected chi connectivity index (χ3v) is 4.30. The molecule has 1 N–H and O–H groups in total. The molecule has 2 nitrogen and oxygen atoms in total. The Balaban J connectivity index is 1.86. The normalized spacial score (nSPS) is 30.5. The SMILES string of the molecule is CCC1(C)CNCC2(Cc3ccccc3C2)O1. The van der Waals surface area contributed by atoms with E-state index in [-0.39, 0.29) is 11.2 Å². The number of rotatable bonds is 1. The van der Waals surface area contributed by atoms with Crippen LogP contribution < -0.4 is 5.32 Å². The predicted molar refractivity (Wildman–Crippen MR) is 69.2 cm³/mol. The highest BCUT2D eigenvalue weighted by atomic mass is 16.5. The molecule has 1 aromatic rings. The molecule has 1 saturated heterocycles. The molecule has 0 saturated carbocycles. The molecule has 0 amide bonds. The first-order valence-corrected chi connectivity index (χ1v) is 6.62. The van der Waals surface area contributed by atoms with Crippen molar-refractivity contribution in [2.75, 3.05) is 13.1 Å². The number of hydrogen-bond acceptors (Lipinski definition) is 2. The van der Waals surface area contributed by atoms with E-state index in [2.05, 4.69) is 43.4 Å². The molecule has 1 spiro atoms. The van der Waals surface area contributed by atoms with E-state index in [9.17, 15) is 0 Å². The number of ether oxygens (including phenoxy) is 1. The molecule has 1 heterocycles. The Labute approximate surface area is 103 Å². The topological polar surface area (TPSA) is 21.3 Å². The number of morpholine rings is 1. The first kappa shape index (κ1) is 11.2. The largest absolute Gasteiger partial charge is 0.366 e. The van der Waals surface area contributed by atoms with Crippen molar-refractivity contribution in [1.29, 1.82) is 0 Å². The lowest BCUT2D eigenvalue weighted by molar-refractivity contribution is -0.166. The third kappa shape index (κ3) is 1.90. The zero-order valence-electron chi connectivity index (χ0n) is 10.8. The van der Waals surface area contributed by atoms with Gasteiger partial charge in [0.2, 0.25) is 0 Å². The highest BCUT2D eigenvalue weighted by molar-refractivity contribution is 5.36. The van der Waals surface area contributed by atoms with E-state index in [4.69, 9.17) is 4.74 Å². The smallest absolute Gasteiger partial charge is 0.0894 e. The zero-order valence-corrected chi connectivity index (χ0v) is 10.8. The van der Waals surface area contributed by atoms with Gasteiger partial charge in [0.25, 0.3) is 0 Å². The van der Waals surface area contributed by atoms with E-state index in [1.807, 2.05) is 0 Å². The summed E-state index contributed by atoms with van der Waals surface area (Å²) >= 11 is 0. The minimum absolute atomic E-state index is 0.000291. The molecule has 92 valence electrons. The van der Waals surface area contributed by atoms with Gasteiger partial charge in [0.05, 0.1) is 11.2 Å². The summed E-state index contributed by atoms with van der Waals surface area (Å²) in [6, 6.07) is 8.75. The maximum Gasteiger partial charge on any atom is 0.0894 e. The molecule has 0 aromatic heterocycles. The average Bonchev–Trinajstić information content (AvgIpc) is 2.66. The van der Waals surface area contributed by atoms with Gasteiger partial charge in [-0.3, -0.25) is 0 Å². The van der Waals surface area contributed by atoms with Crippen LogP contribution in [0.3, 0.4) is 0 Å². The first-order valence-electron chi connectivity index (χ1n) is 6.62. The molecule has 0 radical (unpaired) electrons. The van der Waals surface area contributed by atoms with Crippen molar-refractivity contribution in [3.8, 4) is 0 Å². The fraction of sp³-hybridized carbons (Fsp3) is 0.600. The molecule has 1 atom stereocenters. The molecule has 2 aliphatic rings. The molecule has 0 bridgehead atoms. The highest BCUT2D eigenvalue weighted by Gasteiger charge is 2.45. The van der Waals surface area contributed by atoms with Crippen LogP contribution in [0.1, 0.15) is 31.4 Å². The van der Waals surface area contributed by atoms with Crippen molar-refractivity contribution in [2.45, 2.75) is 44.3 Å². The fourth-order valence-corrected chi connectivity index (χ4v) is 3.20. The Kier molecular flexibility index (Phi) is 2.53. The van der Waals surface area contributed by atoms with E-state index in [0.717, 1.165) is 32.4 Å². The summed E-state index contributed by atoms with van der Waals surface area (Å²) in [5.74, 6) is 0. The van der Waals surface area contributed by atoms with Crippen LogP contribution in [0.2, 0.25) is 0 Å². The van der Waals surface area contributed by atoms with E-state index in [1.54, 1.807) is 0 Å². The van der Waals surface area contributed by atoms with E-state index in [0.29, 0.717) is 0 Å². The molecule has 1 fully saturated rings. The van der Waals surface area contributed by atoms with Crippen LogP contribution >= 0.6 is 0 Å². The molecule has 2 heteroatoms. The van der Waals surface area contributed by atoms with Gasteiger partial charge < -0.3 is 10.1 Å². The number of benzene rings is 1. The van der Waals surface area contributed by atoms with Crippen molar-refractivity contribution in [1.82, 2.24) is 5.32 Å². The van der Waals surface area contributed by atoms with Crippen LogP contribution in [0.5, 0.6) is 0 Å². The van der Waals surface area contributed by atoms with Crippen molar-refractivity contribution in [3.05, 3.63) is 35.4 Å². The van der Waals surface area contributed by atoms with Gasteiger partial charge >= 0.3 is 0 Å². The van der Waals surface area contributed by atoms with E-state index >= 15 is 0 Å². The molecule has 1 unspecified atom stereocenters.